The highest BCUT2D eigenvalue weighted by Crippen LogP contribution is 2.12. The van der Waals surface area contributed by atoms with Gasteiger partial charge in [-0.1, -0.05) is 72.8 Å². The van der Waals surface area contributed by atoms with Gasteiger partial charge in [0.05, 0.1) is 0 Å². The van der Waals surface area contributed by atoms with Crippen molar-refractivity contribution < 1.29 is 28.1 Å². The fraction of sp³-hybridized carbons (Fsp3) is 0. The van der Waals surface area contributed by atoms with Gasteiger partial charge in [0.1, 0.15) is 18.9 Å². The van der Waals surface area contributed by atoms with Crippen LogP contribution in [0.4, 0.5) is 0 Å². The predicted molar refractivity (Wildman–Crippen MR) is 115 cm³/mol. The molecule has 0 aliphatic carbocycles. The molecule has 30 heavy (non-hydrogen) atoms. The number of rotatable bonds is 6. The summed E-state index contributed by atoms with van der Waals surface area (Å²) in [5.41, 5.74) is 3.42. The van der Waals surface area contributed by atoms with Crippen molar-refractivity contribution >= 4 is 56.6 Å². The normalized spacial score (nSPS) is 13.8. The van der Waals surface area contributed by atoms with E-state index in [9.17, 15) is 14.4 Å². The first-order valence-electron chi connectivity index (χ1n) is 9.32. The van der Waals surface area contributed by atoms with Crippen molar-refractivity contribution in [1.82, 2.24) is 0 Å². The largest absolute Gasteiger partial charge is 0.467 e. The van der Waals surface area contributed by atoms with Crippen LogP contribution < -0.4 is 16.4 Å². The van der Waals surface area contributed by atoms with Gasteiger partial charge in [0, 0.05) is 16.7 Å². The van der Waals surface area contributed by atoms with Crippen molar-refractivity contribution in [2.45, 2.75) is 0 Å². The lowest BCUT2D eigenvalue weighted by Gasteiger charge is -2.31. The lowest BCUT2D eigenvalue weighted by Crippen LogP contribution is -2.61. The number of benzene rings is 3. The Bertz CT molecular complexity index is 947. The molecule has 0 aromatic heterocycles. The monoisotopic (exact) mass is 396 g/mol. The van der Waals surface area contributed by atoms with Gasteiger partial charge in [0.2, 0.25) is 0 Å². The maximum Gasteiger partial charge on any atom is 0.467 e. The highest BCUT2D eigenvalue weighted by Gasteiger charge is 2.43. The molecular weight excluding hydrogens is 381 g/mol. The van der Waals surface area contributed by atoms with Crippen molar-refractivity contribution in [3.8, 4) is 0 Å². The Labute approximate surface area is 174 Å². The topological polar surface area (TPSA) is 78.9 Å². The molecule has 0 amide bonds. The van der Waals surface area contributed by atoms with Gasteiger partial charge in [-0.15, -0.1) is 0 Å². The lowest BCUT2D eigenvalue weighted by atomic mass is 9.61. The first kappa shape index (κ1) is 20.0. The molecule has 144 valence electrons. The summed E-state index contributed by atoms with van der Waals surface area (Å²) < 4.78 is 18.1. The van der Waals surface area contributed by atoms with Gasteiger partial charge in [-0.05, 0) is 16.4 Å². The van der Waals surface area contributed by atoms with Gasteiger partial charge in [-0.2, -0.15) is 0 Å². The second-order valence-corrected chi connectivity index (χ2v) is 6.77. The predicted octanol–water partition coefficient (Wildman–Crippen LogP) is 0.673. The molecule has 0 unspecified atom stereocenters. The number of hydrogen-bond donors (Lipinski definition) is 0. The van der Waals surface area contributed by atoms with E-state index in [1.54, 1.807) is 72.8 Å². The molecule has 0 spiro atoms. The Kier molecular flexibility index (Phi) is 6.04. The molecule has 0 radical (unpaired) electrons. The number of carbonyl (C=O) groups is 3. The molecular formula is C21H15B3O6. The third-order valence-corrected chi connectivity index (χ3v) is 4.70. The van der Waals surface area contributed by atoms with Crippen LogP contribution in [0.15, 0.2) is 72.8 Å². The van der Waals surface area contributed by atoms with Gasteiger partial charge in [-0.3, -0.25) is 14.4 Å². The molecule has 0 bridgehead atoms. The quantitative estimate of drug-likeness (QED) is 0.451. The molecule has 0 saturated carbocycles. The molecule has 1 fully saturated rings. The van der Waals surface area contributed by atoms with Crippen LogP contribution in [0.3, 0.4) is 0 Å². The maximum absolute atomic E-state index is 11.2. The standard InChI is InChI=1S/C21H15B3O6/c25-13-16-4-1-7-19(10-16)22-28-23(20-8-2-5-17(11-20)14-26)30-24(29-22)21-9-3-6-18(12-21)15-27/h1-15H. The van der Waals surface area contributed by atoms with E-state index in [0.29, 0.717) is 33.1 Å². The maximum atomic E-state index is 11.2. The van der Waals surface area contributed by atoms with E-state index in [2.05, 4.69) is 0 Å². The number of carbonyl (C=O) groups excluding carboxylic acids is 3. The minimum atomic E-state index is -0.826. The van der Waals surface area contributed by atoms with Crippen molar-refractivity contribution in [1.29, 1.82) is 0 Å². The smallest absolute Gasteiger partial charge is 0.445 e. The van der Waals surface area contributed by atoms with E-state index in [0.717, 1.165) is 18.9 Å². The summed E-state index contributed by atoms with van der Waals surface area (Å²) >= 11 is 0. The Hall–Kier alpha value is -3.26. The minimum Gasteiger partial charge on any atom is -0.445 e. The molecule has 9 heteroatoms. The Morgan fingerprint density at radius 2 is 0.800 bits per heavy atom. The van der Waals surface area contributed by atoms with E-state index in [-0.39, 0.29) is 0 Å². The molecule has 3 aromatic carbocycles. The van der Waals surface area contributed by atoms with E-state index in [1.165, 1.54) is 0 Å². The summed E-state index contributed by atoms with van der Waals surface area (Å²) in [5, 5.41) is 0. The number of hydrogen-bond acceptors (Lipinski definition) is 6. The molecule has 1 saturated heterocycles. The van der Waals surface area contributed by atoms with Crippen molar-refractivity contribution in [3.05, 3.63) is 89.5 Å². The Morgan fingerprint density at radius 1 is 0.500 bits per heavy atom. The average molecular weight is 396 g/mol. The zero-order chi connectivity index (χ0) is 20.9. The summed E-state index contributed by atoms with van der Waals surface area (Å²) in [7, 11) is -2.48. The third kappa shape index (κ3) is 4.33. The third-order valence-electron chi connectivity index (χ3n) is 4.70. The van der Waals surface area contributed by atoms with Gasteiger partial charge in [0.25, 0.3) is 0 Å². The fourth-order valence-corrected chi connectivity index (χ4v) is 3.24. The van der Waals surface area contributed by atoms with Gasteiger partial charge >= 0.3 is 21.4 Å². The summed E-state index contributed by atoms with van der Waals surface area (Å²) in [6.45, 7) is 0. The van der Waals surface area contributed by atoms with Crippen LogP contribution in [0.1, 0.15) is 31.1 Å². The second kappa shape index (κ2) is 9.05. The van der Waals surface area contributed by atoms with Crippen LogP contribution in [0.2, 0.25) is 0 Å². The van der Waals surface area contributed by atoms with Crippen LogP contribution >= 0.6 is 0 Å². The lowest BCUT2D eigenvalue weighted by molar-refractivity contribution is 0.111. The van der Waals surface area contributed by atoms with Gasteiger partial charge < -0.3 is 13.7 Å². The SMILES string of the molecule is O=Cc1cccc(B2OB(c3cccc(C=O)c3)OB(c3cccc(C=O)c3)O2)c1. The molecule has 1 aliphatic heterocycles. The first-order valence-corrected chi connectivity index (χ1v) is 9.32. The summed E-state index contributed by atoms with van der Waals surface area (Å²) in [6.07, 6.45) is 2.25. The Balaban J connectivity index is 1.72. The van der Waals surface area contributed by atoms with E-state index in [4.69, 9.17) is 13.7 Å². The van der Waals surface area contributed by atoms with Crippen LogP contribution in [0.25, 0.3) is 0 Å². The molecule has 0 N–H and O–H groups in total. The molecule has 1 heterocycles. The first-order chi connectivity index (χ1) is 14.7. The molecule has 0 atom stereocenters. The van der Waals surface area contributed by atoms with Crippen LogP contribution in [-0.2, 0) is 13.7 Å². The minimum absolute atomic E-state index is 0.491. The summed E-state index contributed by atoms with van der Waals surface area (Å²) in [5.74, 6) is 0. The second-order valence-electron chi connectivity index (χ2n) is 6.77. The van der Waals surface area contributed by atoms with Crippen LogP contribution in [0, 0.1) is 0 Å². The molecule has 3 aromatic rings. The highest BCUT2D eigenvalue weighted by molar-refractivity contribution is 6.87. The van der Waals surface area contributed by atoms with Gasteiger partial charge in [0.15, 0.2) is 0 Å². The number of aldehydes is 3. The highest BCUT2D eigenvalue weighted by atomic mass is 16.7. The Morgan fingerprint density at radius 3 is 1.07 bits per heavy atom. The van der Waals surface area contributed by atoms with Crippen LogP contribution in [-0.4, -0.2) is 40.2 Å². The van der Waals surface area contributed by atoms with Crippen molar-refractivity contribution in [3.63, 3.8) is 0 Å². The van der Waals surface area contributed by atoms with Gasteiger partial charge in [-0.25, -0.2) is 0 Å². The fourth-order valence-electron chi connectivity index (χ4n) is 3.24. The summed E-state index contributed by atoms with van der Waals surface area (Å²) in [4.78, 5) is 33.5. The molecule has 1 aliphatic rings. The zero-order valence-corrected chi connectivity index (χ0v) is 15.8. The van der Waals surface area contributed by atoms with E-state index in [1.807, 2.05) is 0 Å². The van der Waals surface area contributed by atoms with Crippen molar-refractivity contribution in [2.24, 2.45) is 0 Å². The van der Waals surface area contributed by atoms with E-state index >= 15 is 0 Å². The zero-order valence-electron chi connectivity index (χ0n) is 15.8. The van der Waals surface area contributed by atoms with Crippen molar-refractivity contribution in [2.75, 3.05) is 0 Å². The molecule has 4 rings (SSSR count). The van der Waals surface area contributed by atoms with Crippen LogP contribution in [0.5, 0.6) is 0 Å². The van der Waals surface area contributed by atoms with E-state index < -0.39 is 21.4 Å². The average Bonchev–Trinajstić information content (AvgIpc) is 2.83. The molecule has 6 nitrogen and oxygen atoms in total. The summed E-state index contributed by atoms with van der Waals surface area (Å²) in [6, 6.07) is 20.7.